The molecule has 5 N–H and O–H groups in total. The average molecular weight is 221 g/mol. The van der Waals surface area contributed by atoms with E-state index in [2.05, 4.69) is 5.32 Å². The second-order valence-corrected chi connectivity index (χ2v) is 3.46. The van der Waals surface area contributed by atoms with E-state index in [1.807, 2.05) is 0 Å². The van der Waals surface area contributed by atoms with E-state index in [-0.39, 0.29) is 0 Å². The number of rotatable bonds is 2. The quantitative estimate of drug-likeness (QED) is 0.337. The van der Waals surface area contributed by atoms with Gasteiger partial charge < -0.3 is 30.5 Å². The third kappa shape index (κ3) is 2.64. The molecule has 7 nitrogen and oxygen atoms in total. The van der Waals surface area contributed by atoms with Gasteiger partial charge in [-0.2, -0.15) is 0 Å². The normalized spacial score (nSPS) is 41.3. The SMILES string of the molecule is CC(=O)N[C@@H]1[C@@H](O)[C@@H](O)C(CO)O[C@@H]1O. The monoisotopic (exact) mass is 221 g/mol. The van der Waals surface area contributed by atoms with Crippen molar-refractivity contribution >= 4 is 5.91 Å². The predicted octanol–water partition coefficient (Wildman–Crippen LogP) is -3.08. The van der Waals surface area contributed by atoms with Crippen LogP contribution in [0.1, 0.15) is 6.92 Å². The highest BCUT2D eigenvalue weighted by molar-refractivity contribution is 5.73. The molecule has 7 heteroatoms. The van der Waals surface area contributed by atoms with Crippen molar-refractivity contribution in [3.8, 4) is 0 Å². The lowest BCUT2D eigenvalue weighted by atomic mass is 9.97. The third-order valence-corrected chi connectivity index (χ3v) is 2.27. The molecule has 0 aromatic rings. The summed E-state index contributed by atoms with van der Waals surface area (Å²) in [6, 6.07) is -1.10. The zero-order chi connectivity index (χ0) is 11.6. The first-order valence-corrected chi connectivity index (χ1v) is 4.55. The summed E-state index contributed by atoms with van der Waals surface area (Å²) in [5.41, 5.74) is 0. The van der Waals surface area contributed by atoms with Gasteiger partial charge in [0.15, 0.2) is 6.29 Å². The highest BCUT2D eigenvalue weighted by atomic mass is 16.6. The molecule has 15 heavy (non-hydrogen) atoms. The minimum atomic E-state index is -1.45. The smallest absolute Gasteiger partial charge is 0.217 e. The lowest BCUT2D eigenvalue weighted by molar-refractivity contribution is -0.253. The highest BCUT2D eigenvalue weighted by Gasteiger charge is 2.43. The van der Waals surface area contributed by atoms with Gasteiger partial charge in [-0.3, -0.25) is 4.79 Å². The minimum absolute atomic E-state index is 0.462. The number of aliphatic hydroxyl groups is 4. The summed E-state index contributed by atoms with van der Waals surface area (Å²) < 4.78 is 4.81. The molecular weight excluding hydrogens is 206 g/mol. The molecule has 1 aliphatic rings. The summed E-state index contributed by atoms with van der Waals surface area (Å²) in [4.78, 5) is 10.7. The maximum atomic E-state index is 10.7. The van der Waals surface area contributed by atoms with Gasteiger partial charge in [-0.25, -0.2) is 0 Å². The molecule has 0 bridgehead atoms. The van der Waals surface area contributed by atoms with Gasteiger partial charge in [0.05, 0.1) is 6.61 Å². The van der Waals surface area contributed by atoms with Crippen molar-refractivity contribution in [3.63, 3.8) is 0 Å². The van der Waals surface area contributed by atoms with Crippen molar-refractivity contribution < 1.29 is 30.0 Å². The fourth-order valence-electron chi connectivity index (χ4n) is 1.49. The number of hydrogen-bond acceptors (Lipinski definition) is 6. The molecule has 1 rings (SSSR count). The van der Waals surface area contributed by atoms with Crippen LogP contribution in [0.4, 0.5) is 0 Å². The molecular formula is C8H15NO6. The lowest BCUT2D eigenvalue weighted by Gasteiger charge is -2.40. The number of carbonyl (C=O) groups excluding carboxylic acids is 1. The van der Waals surface area contributed by atoms with Crippen molar-refractivity contribution in [2.45, 2.75) is 37.6 Å². The van der Waals surface area contributed by atoms with Crippen LogP contribution in [0.5, 0.6) is 0 Å². The maximum absolute atomic E-state index is 10.7. The van der Waals surface area contributed by atoms with E-state index in [0.29, 0.717) is 0 Å². The van der Waals surface area contributed by atoms with Crippen LogP contribution in [-0.2, 0) is 9.53 Å². The molecule has 0 radical (unpaired) electrons. The summed E-state index contributed by atoms with van der Waals surface area (Å²) in [6.07, 6.45) is -5.24. The van der Waals surface area contributed by atoms with Crippen LogP contribution in [0.15, 0.2) is 0 Å². The second kappa shape index (κ2) is 4.86. The zero-order valence-electron chi connectivity index (χ0n) is 8.20. The Morgan fingerprint density at radius 3 is 2.40 bits per heavy atom. The molecule has 1 fully saturated rings. The summed E-state index contributed by atoms with van der Waals surface area (Å²) in [5.74, 6) is -0.462. The van der Waals surface area contributed by atoms with E-state index in [1.54, 1.807) is 0 Å². The van der Waals surface area contributed by atoms with Crippen LogP contribution >= 0.6 is 0 Å². The third-order valence-electron chi connectivity index (χ3n) is 2.27. The predicted molar refractivity (Wildman–Crippen MR) is 47.6 cm³/mol. The Hall–Kier alpha value is -0.730. The number of hydrogen-bond donors (Lipinski definition) is 5. The van der Waals surface area contributed by atoms with Crippen LogP contribution in [0.25, 0.3) is 0 Å². The Labute approximate surface area is 86.3 Å². The van der Waals surface area contributed by atoms with Crippen LogP contribution in [0.3, 0.4) is 0 Å². The number of aliphatic hydroxyl groups excluding tert-OH is 4. The number of amides is 1. The molecule has 1 unspecified atom stereocenters. The van der Waals surface area contributed by atoms with E-state index >= 15 is 0 Å². The van der Waals surface area contributed by atoms with Crippen molar-refractivity contribution in [1.82, 2.24) is 5.32 Å². The first kappa shape index (κ1) is 12.3. The van der Waals surface area contributed by atoms with E-state index in [9.17, 15) is 20.1 Å². The minimum Gasteiger partial charge on any atom is -0.394 e. The summed E-state index contributed by atoms with van der Waals surface area (Å²) in [7, 11) is 0. The molecule has 5 atom stereocenters. The Morgan fingerprint density at radius 2 is 1.93 bits per heavy atom. The van der Waals surface area contributed by atoms with Crippen LogP contribution in [0.2, 0.25) is 0 Å². The van der Waals surface area contributed by atoms with Crippen molar-refractivity contribution in [1.29, 1.82) is 0 Å². The molecule has 1 aliphatic heterocycles. The fraction of sp³-hybridized carbons (Fsp3) is 0.875. The Morgan fingerprint density at radius 1 is 1.33 bits per heavy atom. The van der Waals surface area contributed by atoms with Gasteiger partial charge in [-0.15, -0.1) is 0 Å². The number of ether oxygens (including phenoxy) is 1. The second-order valence-electron chi connectivity index (χ2n) is 3.46. The molecule has 88 valence electrons. The van der Waals surface area contributed by atoms with Gasteiger partial charge in [0, 0.05) is 6.92 Å². The first-order chi connectivity index (χ1) is 6.97. The van der Waals surface area contributed by atoms with Crippen LogP contribution < -0.4 is 5.32 Å². The van der Waals surface area contributed by atoms with Crippen molar-refractivity contribution in [2.24, 2.45) is 0 Å². The van der Waals surface area contributed by atoms with E-state index in [1.165, 1.54) is 6.92 Å². The van der Waals surface area contributed by atoms with Gasteiger partial charge in [0.2, 0.25) is 5.91 Å². The molecule has 0 aromatic carbocycles. The molecule has 0 saturated carbocycles. The van der Waals surface area contributed by atoms with Gasteiger partial charge in [-0.1, -0.05) is 0 Å². The van der Waals surface area contributed by atoms with Gasteiger partial charge in [0.25, 0.3) is 0 Å². The molecule has 1 saturated heterocycles. The number of carbonyl (C=O) groups is 1. The van der Waals surface area contributed by atoms with E-state index < -0.39 is 43.2 Å². The Bertz CT molecular complexity index is 235. The lowest BCUT2D eigenvalue weighted by Crippen LogP contribution is -2.63. The Kier molecular flexibility index (Phi) is 4.00. The standard InChI is InChI=1S/C8H15NO6/c1-3(11)9-5-7(13)6(12)4(2-10)15-8(5)14/h4-8,10,12-14H,2H2,1H3,(H,9,11)/t4?,5-,6+,7-,8+/m1/s1. The summed E-state index contributed by atoms with van der Waals surface area (Å²) in [6.45, 7) is 0.687. The molecule has 0 spiro atoms. The fourth-order valence-corrected chi connectivity index (χ4v) is 1.49. The molecule has 1 heterocycles. The first-order valence-electron chi connectivity index (χ1n) is 4.55. The molecule has 0 aliphatic carbocycles. The van der Waals surface area contributed by atoms with Gasteiger partial charge in [-0.05, 0) is 0 Å². The largest absolute Gasteiger partial charge is 0.394 e. The maximum Gasteiger partial charge on any atom is 0.217 e. The van der Waals surface area contributed by atoms with Crippen LogP contribution in [-0.4, -0.2) is 63.6 Å². The van der Waals surface area contributed by atoms with Gasteiger partial charge >= 0.3 is 0 Å². The molecule has 0 aromatic heterocycles. The van der Waals surface area contributed by atoms with Crippen LogP contribution in [0, 0.1) is 0 Å². The van der Waals surface area contributed by atoms with E-state index in [4.69, 9.17) is 9.84 Å². The molecule has 1 amide bonds. The van der Waals surface area contributed by atoms with Crippen molar-refractivity contribution in [2.75, 3.05) is 6.61 Å². The topological polar surface area (TPSA) is 119 Å². The highest BCUT2D eigenvalue weighted by Crippen LogP contribution is 2.19. The van der Waals surface area contributed by atoms with E-state index in [0.717, 1.165) is 0 Å². The summed E-state index contributed by atoms with van der Waals surface area (Å²) in [5, 5.41) is 39.4. The Balaban J connectivity index is 2.70. The number of nitrogens with one attached hydrogen (secondary N) is 1. The summed E-state index contributed by atoms with van der Waals surface area (Å²) >= 11 is 0. The van der Waals surface area contributed by atoms with Gasteiger partial charge in [0.1, 0.15) is 24.4 Å². The average Bonchev–Trinajstić information content (AvgIpc) is 2.18. The van der Waals surface area contributed by atoms with Crippen molar-refractivity contribution in [3.05, 3.63) is 0 Å². The zero-order valence-corrected chi connectivity index (χ0v) is 8.20.